The summed E-state index contributed by atoms with van der Waals surface area (Å²) in [5, 5.41) is 0. The Morgan fingerprint density at radius 1 is 0.740 bits per heavy atom. The first kappa shape index (κ1) is 39.2. The van der Waals surface area contributed by atoms with Gasteiger partial charge in [0.05, 0.1) is 13.0 Å². The molecule has 3 aromatic carbocycles. The molecule has 6 heteroatoms. The molecule has 0 atom stereocenters. The predicted molar refractivity (Wildman–Crippen MR) is 202 cm³/mol. The van der Waals surface area contributed by atoms with Gasteiger partial charge >= 0.3 is 5.97 Å². The summed E-state index contributed by atoms with van der Waals surface area (Å²) in [6, 6.07) is 22.0. The maximum Gasteiger partial charge on any atom is 0.311 e. The van der Waals surface area contributed by atoms with Crippen molar-refractivity contribution in [1.29, 1.82) is 0 Å². The van der Waals surface area contributed by atoms with Crippen LogP contribution < -0.4 is 9.62 Å². The summed E-state index contributed by atoms with van der Waals surface area (Å²) in [4.78, 5) is 33.8. The van der Waals surface area contributed by atoms with Gasteiger partial charge in [-0.2, -0.15) is 0 Å². The summed E-state index contributed by atoms with van der Waals surface area (Å²) in [6.45, 7) is 11.5. The lowest BCUT2D eigenvalue weighted by molar-refractivity contribution is -0.304. The summed E-state index contributed by atoms with van der Waals surface area (Å²) in [7, 11) is 0. The van der Waals surface area contributed by atoms with E-state index < -0.39 is 0 Å². The van der Waals surface area contributed by atoms with Crippen molar-refractivity contribution < 1.29 is 29.1 Å². The highest BCUT2D eigenvalue weighted by molar-refractivity contribution is 5.73. The van der Waals surface area contributed by atoms with E-state index in [9.17, 15) is 4.79 Å². The van der Waals surface area contributed by atoms with Crippen LogP contribution in [0.5, 0.6) is 11.5 Å². The summed E-state index contributed by atoms with van der Waals surface area (Å²) >= 11 is 0. The number of carbonyl (C=O) groups is 1. The lowest BCUT2D eigenvalue weighted by atomic mass is 9.76. The summed E-state index contributed by atoms with van der Waals surface area (Å²) in [5.74, 6) is 2.63. The second-order valence-corrected chi connectivity index (χ2v) is 14.0. The molecule has 1 aliphatic rings. The number of allylic oxidation sites excluding steroid dienone is 1. The minimum atomic E-state index is -0.355. The van der Waals surface area contributed by atoms with Gasteiger partial charge in [-0.05, 0) is 103 Å². The fourth-order valence-electron chi connectivity index (χ4n) is 6.76. The number of aryl methyl sites for hydroxylation is 1. The van der Waals surface area contributed by atoms with Gasteiger partial charge in [-0.1, -0.05) is 121 Å². The van der Waals surface area contributed by atoms with Crippen LogP contribution in [0.4, 0.5) is 0 Å². The lowest BCUT2D eigenvalue weighted by Gasteiger charge is -2.29. The molecule has 0 radical (unpaired) electrons. The van der Waals surface area contributed by atoms with Crippen molar-refractivity contribution in [3.05, 3.63) is 95.8 Å². The number of esters is 1. The van der Waals surface area contributed by atoms with E-state index in [1.165, 1.54) is 100 Å². The van der Waals surface area contributed by atoms with Gasteiger partial charge in [0.2, 0.25) is 0 Å². The number of rotatable bonds is 23. The number of ether oxygens (including phenoxy) is 1. The standard InChI is InChI=1S/C44H60O6/c1-5-7-9-11-13-31-46-47-33-37-18-25-42(26-19-37)50-49-35(4)15-30-44(45)48-41-27-22-39(23-28-41)43-29-24-40(32-34(43)3)38-20-16-36(17-21-38)14-12-10-8-6-2/h18-19,22-29,32,36,38H,4-17,20-21,30-31,33H2,1-3H3. The van der Waals surface area contributed by atoms with E-state index in [-0.39, 0.29) is 18.8 Å². The quantitative estimate of drug-likeness (QED) is 0.0247. The Hall–Kier alpha value is -3.61. The fourth-order valence-corrected chi connectivity index (χ4v) is 6.76. The third-order valence-corrected chi connectivity index (χ3v) is 9.86. The van der Waals surface area contributed by atoms with Crippen LogP contribution in [0.15, 0.2) is 79.1 Å². The fraction of sp³-hybridized carbons (Fsp3) is 0.523. The number of hydrogen-bond acceptors (Lipinski definition) is 6. The normalized spacial score (nSPS) is 15.8. The number of carbonyl (C=O) groups excluding carboxylic acids is 1. The molecule has 1 saturated carbocycles. The molecule has 272 valence electrons. The zero-order chi connectivity index (χ0) is 35.4. The van der Waals surface area contributed by atoms with Crippen LogP contribution in [0, 0.1) is 12.8 Å². The third-order valence-electron chi connectivity index (χ3n) is 9.86. The lowest BCUT2D eigenvalue weighted by Crippen LogP contribution is -2.13. The van der Waals surface area contributed by atoms with Gasteiger partial charge in [0, 0.05) is 6.42 Å². The molecular weight excluding hydrogens is 624 g/mol. The van der Waals surface area contributed by atoms with E-state index in [2.05, 4.69) is 45.5 Å². The molecule has 0 heterocycles. The monoisotopic (exact) mass is 684 g/mol. The second-order valence-electron chi connectivity index (χ2n) is 14.0. The molecule has 4 rings (SSSR count). The first-order valence-electron chi connectivity index (χ1n) is 19.2. The molecule has 0 spiro atoms. The van der Waals surface area contributed by atoms with Crippen molar-refractivity contribution in [2.75, 3.05) is 6.61 Å². The molecule has 0 amide bonds. The van der Waals surface area contributed by atoms with Gasteiger partial charge in [-0.3, -0.25) is 14.6 Å². The third kappa shape index (κ3) is 14.0. The van der Waals surface area contributed by atoms with E-state index in [0.29, 0.717) is 36.4 Å². The van der Waals surface area contributed by atoms with Gasteiger partial charge in [-0.15, -0.1) is 0 Å². The summed E-state index contributed by atoms with van der Waals surface area (Å²) in [6.07, 6.45) is 18.6. The van der Waals surface area contributed by atoms with Crippen molar-refractivity contribution in [3.8, 4) is 22.6 Å². The van der Waals surface area contributed by atoms with Crippen LogP contribution in [0.25, 0.3) is 11.1 Å². The molecule has 0 aromatic heterocycles. The molecule has 0 N–H and O–H groups in total. The topological polar surface area (TPSA) is 63.2 Å². The molecule has 1 aliphatic carbocycles. The number of unbranched alkanes of at least 4 members (excludes halogenated alkanes) is 7. The Balaban J connectivity index is 1.12. The van der Waals surface area contributed by atoms with Gasteiger partial charge in [0.15, 0.2) is 5.75 Å². The first-order valence-corrected chi connectivity index (χ1v) is 19.2. The van der Waals surface area contributed by atoms with Gasteiger partial charge < -0.3 is 4.74 Å². The molecule has 0 unspecified atom stereocenters. The molecule has 0 aliphatic heterocycles. The first-order chi connectivity index (χ1) is 24.4. The Morgan fingerprint density at radius 2 is 1.42 bits per heavy atom. The summed E-state index contributed by atoms with van der Waals surface area (Å²) in [5.41, 5.74) is 6.05. The zero-order valence-corrected chi connectivity index (χ0v) is 30.9. The molecular formula is C44H60O6. The van der Waals surface area contributed by atoms with Crippen LogP contribution in [0.3, 0.4) is 0 Å². The van der Waals surface area contributed by atoms with E-state index in [0.717, 1.165) is 23.5 Å². The van der Waals surface area contributed by atoms with Crippen molar-refractivity contribution >= 4 is 5.97 Å². The van der Waals surface area contributed by atoms with Crippen LogP contribution in [0.1, 0.15) is 139 Å². The second kappa shape index (κ2) is 22.3. The van der Waals surface area contributed by atoms with Gasteiger partial charge in [0.25, 0.3) is 0 Å². The predicted octanol–water partition coefficient (Wildman–Crippen LogP) is 12.5. The highest BCUT2D eigenvalue weighted by Gasteiger charge is 2.22. The van der Waals surface area contributed by atoms with Crippen molar-refractivity contribution in [2.45, 2.75) is 136 Å². The number of benzene rings is 3. The highest BCUT2D eigenvalue weighted by Crippen LogP contribution is 2.39. The summed E-state index contributed by atoms with van der Waals surface area (Å²) < 4.78 is 5.58. The Kier molecular flexibility index (Phi) is 17.4. The smallest absolute Gasteiger partial charge is 0.311 e. The SMILES string of the molecule is C=C(CCC(=O)Oc1ccc(-c2ccc(C3CCC(CCCCCC)CC3)cc2C)cc1)OOc1ccc(COOCCCCCCC)cc1. The van der Waals surface area contributed by atoms with Gasteiger partial charge in [0.1, 0.15) is 18.1 Å². The van der Waals surface area contributed by atoms with Crippen LogP contribution >= 0.6 is 0 Å². The van der Waals surface area contributed by atoms with Gasteiger partial charge in [-0.25, -0.2) is 9.78 Å². The Morgan fingerprint density at radius 3 is 2.12 bits per heavy atom. The average molecular weight is 685 g/mol. The maximum atomic E-state index is 12.5. The Labute approximate surface area is 301 Å². The minimum Gasteiger partial charge on any atom is -0.427 e. The molecule has 0 saturated heterocycles. The van der Waals surface area contributed by atoms with Crippen LogP contribution in [0.2, 0.25) is 0 Å². The zero-order valence-electron chi connectivity index (χ0n) is 30.9. The van der Waals surface area contributed by atoms with E-state index in [1.54, 1.807) is 12.1 Å². The van der Waals surface area contributed by atoms with E-state index >= 15 is 0 Å². The van der Waals surface area contributed by atoms with Crippen molar-refractivity contribution in [1.82, 2.24) is 0 Å². The van der Waals surface area contributed by atoms with Crippen LogP contribution in [-0.4, -0.2) is 12.6 Å². The maximum absolute atomic E-state index is 12.5. The molecule has 0 bridgehead atoms. The molecule has 1 fully saturated rings. The minimum absolute atomic E-state index is 0.125. The van der Waals surface area contributed by atoms with Crippen molar-refractivity contribution in [3.63, 3.8) is 0 Å². The number of hydrogen-bond donors (Lipinski definition) is 0. The van der Waals surface area contributed by atoms with E-state index in [1.807, 2.05) is 36.4 Å². The Bertz CT molecular complexity index is 1410. The molecule has 3 aromatic rings. The largest absolute Gasteiger partial charge is 0.427 e. The molecule has 6 nitrogen and oxygen atoms in total. The molecule has 50 heavy (non-hydrogen) atoms. The highest BCUT2D eigenvalue weighted by atomic mass is 17.2. The van der Waals surface area contributed by atoms with Crippen LogP contribution in [-0.2, 0) is 26.1 Å². The van der Waals surface area contributed by atoms with Crippen molar-refractivity contribution in [2.24, 2.45) is 5.92 Å². The van der Waals surface area contributed by atoms with E-state index in [4.69, 9.17) is 24.3 Å². The average Bonchev–Trinajstić information content (AvgIpc) is 3.14.